The lowest BCUT2D eigenvalue weighted by molar-refractivity contribution is -0.137. The van der Waals surface area contributed by atoms with Gasteiger partial charge in [-0.15, -0.1) is 0 Å². The van der Waals surface area contributed by atoms with E-state index in [9.17, 15) is 4.79 Å². The molecule has 1 rings (SSSR count). The Hall–Kier alpha value is -0.613. The fourth-order valence-electron chi connectivity index (χ4n) is 2.64. The number of esters is 1. The summed E-state index contributed by atoms with van der Waals surface area (Å²) in [7, 11) is -1.85. The Morgan fingerprint density at radius 3 is 2.32 bits per heavy atom. The van der Waals surface area contributed by atoms with Crippen molar-refractivity contribution in [3.63, 3.8) is 0 Å². The molecule has 0 bridgehead atoms. The highest BCUT2D eigenvalue weighted by Crippen LogP contribution is 2.40. The van der Waals surface area contributed by atoms with Crippen LogP contribution in [0.25, 0.3) is 0 Å². The van der Waals surface area contributed by atoms with E-state index in [1.54, 1.807) is 6.08 Å². The minimum absolute atomic E-state index is 0.0468. The van der Waals surface area contributed by atoms with Crippen molar-refractivity contribution in [3.8, 4) is 0 Å². The Balaban J connectivity index is 2.84. The van der Waals surface area contributed by atoms with E-state index in [2.05, 4.69) is 33.9 Å². The van der Waals surface area contributed by atoms with Crippen LogP contribution in [0.4, 0.5) is 0 Å². The minimum atomic E-state index is -1.85. The normalized spacial score (nSPS) is 19.4. The fraction of sp³-hybridized carbons (Fsp3) is 0.833. The minimum Gasteiger partial charge on any atom is -0.463 e. The smallest absolute Gasteiger partial charge is 0.330 e. The molecular formula is C18H34O3Si. The molecule has 0 heterocycles. The molecule has 1 atom stereocenters. The molecule has 0 spiro atoms. The van der Waals surface area contributed by atoms with Gasteiger partial charge in [0.15, 0.2) is 8.32 Å². The van der Waals surface area contributed by atoms with Crippen molar-refractivity contribution in [2.45, 2.75) is 84.0 Å². The number of carbonyl (C=O) groups excluding carboxylic acids is 1. The van der Waals surface area contributed by atoms with E-state index in [-0.39, 0.29) is 17.1 Å². The first-order valence-corrected chi connectivity index (χ1v) is 11.6. The van der Waals surface area contributed by atoms with Crippen LogP contribution in [0.5, 0.6) is 0 Å². The van der Waals surface area contributed by atoms with E-state index in [1.807, 2.05) is 13.0 Å². The standard InChI is InChI=1S/C18H34O3Si/c1-7-20-17(19)14-13-16(15-11-9-8-10-12-15)21-22(5,6)18(2,3)4/h13-16H,7-12H2,1-6H3/b14-13-/t16-/m0/s1. The van der Waals surface area contributed by atoms with Gasteiger partial charge in [0.25, 0.3) is 0 Å². The zero-order valence-electron chi connectivity index (χ0n) is 15.3. The summed E-state index contributed by atoms with van der Waals surface area (Å²) in [5.74, 6) is 0.274. The largest absolute Gasteiger partial charge is 0.463 e. The third kappa shape index (κ3) is 5.88. The molecule has 0 aliphatic heterocycles. The van der Waals surface area contributed by atoms with Gasteiger partial charge in [-0.3, -0.25) is 0 Å². The molecule has 22 heavy (non-hydrogen) atoms. The summed E-state index contributed by atoms with van der Waals surface area (Å²) >= 11 is 0. The molecule has 1 aliphatic carbocycles. The molecule has 3 nitrogen and oxygen atoms in total. The van der Waals surface area contributed by atoms with E-state index >= 15 is 0 Å². The zero-order chi connectivity index (χ0) is 16.8. The van der Waals surface area contributed by atoms with Crippen molar-refractivity contribution >= 4 is 14.3 Å². The molecule has 1 saturated carbocycles. The quantitative estimate of drug-likeness (QED) is 0.388. The number of ether oxygens (including phenoxy) is 1. The molecule has 0 N–H and O–H groups in total. The van der Waals surface area contributed by atoms with Crippen molar-refractivity contribution in [2.24, 2.45) is 5.92 Å². The fourth-order valence-corrected chi connectivity index (χ4v) is 3.94. The zero-order valence-corrected chi connectivity index (χ0v) is 16.3. The SMILES string of the molecule is CCOC(=O)/C=C\[C@H](O[Si](C)(C)C(C)(C)C)C1CCCCC1. The van der Waals surface area contributed by atoms with Crippen LogP contribution in [0.15, 0.2) is 12.2 Å². The van der Waals surface area contributed by atoms with Gasteiger partial charge in [0, 0.05) is 6.08 Å². The van der Waals surface area contributed by atoms with Crippen LogP contribution in [0, 0.1) is 5.92 Å². The van der Waals surface area contributed by atoms with Crippen LogP contribution < -0.4 is 0 Å². The Kier molecular flexibility index (Phi) is 7.33. The molecule has 0 saturated heterocycles. The second-order valence-electron chi connectivity index (χ2n) is 7.85. The molecular weight excluding hydrogens is 292 g/mol. The second-order valence-corrected chi connectivity index (χ2v) is 12.6. The molecule has 0 aromatic rings. The number of hydrogen-bond acceptors (Lipinski definition) is 3. The highest BCUT2D eigenvalue weighted by atomic mass is 28.4. The molecule has 1 aliphatic rings. The van der Waals surface area contributed by atoms with Gasteiger partial charge < -0.3 is 9.16 Å². The van der Waals surface area contributed by atoms with Gasteiger partial charge in [0.1, 0.15) is 0 Å². The number of carbonyl (C=O) groups is 1. The number of hydrogen-bond donors (Lipinski definition) is 0. The van der Waals surface area contributed by atoms with E-state index in [4.69, 9.17) is 9.16 Å². The molecule has 0 aromatic carbocycles. The maximum Gasteiger partial charge on any atom is 0.330 e. The van der Waals surface area contributed by atoms with Gasteiger partial charge in [0.05, 0.1) is 12.7 Å². The molecule has 1 fully saturated rings. The van der Waals surface area contributed by atoms with E-state index in [1.165, 1.54) is 32.1 Å². The Bertz CT molecular complexity index is 376. The van der Waals surface area contributed by atoms with Crippen molar-refractivity contribution in [2.75, 3.05) is 6.61 Å². The maximum absolute atomic E-state index is 11.6. The van der Waals surface area contributed by atoms with Crippen LogP contribution in [0.2, 0.25) is 18.1 Å². The summed E-state index contributed by atoms with van der Waals surface area (Å²) < 4.78 is 11.6. The summed E-state index contributed by atoms with van der Waals surface area (Å²) in [5.41, 5.74) is 0. The monoisotopic (exact) mass is 326 g/mol. The van der Waals surface area contributed by atoms with Crippen LogP contribution in [0.3, 0.4) is 0 Å². The first-order chi connectivity index (χ1) is 10.2. The van der Waals surface area contributed by atoms with E-state index in [0.29, 0.717) is 12.5 Å². The van der Waals surface area contributed by atoms with Gasteiger partial charge in [-0.25, -0.2) is 4.79 Å². The lowest BCUT2D eigenvalue weighted by Crippen LogP contribution is -2.45. The first kappa shape index (κ1) is 19.4. The van der Waals surface area contributed by atoms with Crippen molar-refractivity contribution in [3.05, 3.63) is 12.2 Å². The van der Waals surface area contributed by atoms with Crippen LogP contribution in [0.1, 0.15) is 59.8 Å². The summed E-state index contributed by atoms with van der Waals surface area (Å²) in [6.45, 7) is 13.6. The Morgan fingerprint density at radius 2 is 1.82 bits per heavy atom. The summed E-state index contributed by atoms with van der Waals surface area (Å²) in [6.07, 6.45) is 9.84. The van der Waals surface area contributed by atoms with Crippen molar-refractivity contribution in [1.29, 1.82) is 0 Å². The number of rotatable bonds is 6. The van der Waals surface area contributed by atoms with Gasteiger partial charge >= 0.3 is 5.97 Å². The lowest BCUT2D eigenvalue weighted by atomic mass is 9.85. The second kappa shape index (κ2) is 8.30. The molecule has 128 valence electrons. The molecule has 0 aromatic heterocycles. The molecule has 4 heteroatoms. The lowest BCUT2D eigenvalue weighted by Gasteiger charge is -2.41. The van der Waals surface area contributed by atoms with E-state index in [0.717, 1.165) is 0 Å². The highest BCUT2D eigenvalue weighted by molar-refractivity contribution is 6.74. The topological polar surface area (TPSA) is 35.5 Å². The van der Waals surface area contributed by atoms with Gasteiger partial charge in [-0.1, -0.05) is 40.0 Å². The predicted octanol–water partition coefficient (Wildman–Crippen LogP) is 5.08. The van der Waals surface area contributed by atoms with Crippen LogP contribution in [-0.4, -0.2) is 27.0 Å². The van der Waals surface area contributed by atoms with Crippen molar-refractivity contribution < 1.29 is 14.0 Å². The molecule has 0 radical (unpaired) electrons. The summed E-state index contributed by atoms with van der Waals surface area (Å²) in [5, 5.41) is 0.178. The van der Waals surface area contributed by atoms with Gasteiger partial charge in [-0.2, -0.15) is 0 Å². The van der Waals surface area contributed by atoms with Gasteiger partial charge in [0.2, 0.25) is 0 Å². The molecule has 0 amide bonds. The molecule has 0 unspecified atom stereocenters. The highest BCUT2D eigenvalue weighted by Gasteiger charge is 2.40. The van der Waals surface area contributed by atoms with Crippen molar-refractivity contribution in [1.82, 2.24) is 0 Å². The Labute approximate surface area is 137 Å². The summed E-state index contributed by atoms with van der Waals surface area (Å²) in [4.78, 5) is 11.6. The predicted molar refractivity (Wildman–Crippen MR) is 94.4 cm³/mol. The van der Waals surface area contributed by atoms with Crippen LogP contribution >= 0.6 is 0 Å². The van der Waals surface area contributed by atoms with Crippen LogP contribution in [-0.2, 0) is 14.0 Å². The maximum atomic E-state index is 11.6. The average Bonchev–Trinajstić information content (AvgIpc) is 2.43. The first-order valence-electron chi connectivity index (χ1n) is 8.70. The Morgan fingerprint density at radius 1 is 1.23 bits per heavy atom. The average molecular weight is 327 g/mol. The third-order valence-corrected chi connectivity index (χ3v) is 9.53. The third-order valence-electron chi connectivity index (χ3n) is 5.06. The van der Waals surface area contributed by atoms with Gasteiger partial charge in [-0.05, 0) is 49.9 Å². The summed E-state index contributed by atoms with van der Waals surface area (Å²) in [6, 6.07) is 0. The van der Waals surface area contributed by atoms with E-state index < -0.39 is 8.32 Å².